The van der Waals surface area contributed by atoms with Crippen molar-refractivity contribution in [3.8, 4) is 0 Å². The van der Waals surface area contributed by atoms with Gasteiger partial charge in [-0.15, -0.1) is 12.4 Å². The monoisotopic (exact) mass is 186 g/mol. The van der Waals surface area contributed by atoms with Crippen molar-refractivity contribution >= 4 is 18.2 Å². The van der Waals surface area contributed by atoms with Crippen LogP contribution in [0.4, 0.5) is 0 Å². The van der Waals surface area contributed by atoms with Gasteiger partial charge in [0.2, 0.25) is 0 Å². The summed E-state index contributed by atoms with van der Waals surface area (Å²) in [4.78, 5) is 11.0. The minimum atomic E-state index is 0. The SMILES string of the molecule is Cl.Cn1ncc2c1CC(=O)CC2. The number of nitrogens with zero attached hydrogens (tertiary/aromatic N) is 2. The third-order valence-corrected chi connectivity index (χ3v) is 2.19. The van der Waals surface area contributed by atoms with Gasteiger partial charge in [-0.2, -0.15) is 5.10 Å². The quantitative estimate of drug-likeness (QED) is 0.604. The second kappa shape index (κ2) is 3.27. The molecule has 1 aliphatic carbocycles. The zero-order chi connectivity index (χ0) is 7.84. The fourth-order valence-corrected chi connectivity index (χ4v) is 1.49. The Hall–Kier alpha value is -0.830. The summed E-state index contributed by atoms with van der Waals surface area (Å²) in [6.07, 6.45) is 4.01. The third kappa shape index (κ3) is 1.37. The van der Waals surface area contributed by atoms with Crippen molar-refractivity contribution in [1.82, 2.24) is 9.78 Å². The predicted octanol–water partition coefficient (Wildman–Crippen LogP) is 0.900. The molecule has 1 aromatic rings. The van der Waals surface area contributed by atoms with Crippen LogP contribution >= 0.6 is 12.4 Å². The normalized spacial score (nSPS) is 15.2. The van der Waals surface area contributed by atoms with Gasteiger partial charge in [0.25, 0.3) is 0 Å². The molecule has 0 spiro atoms. The highest BCUT2D eigenvalue weighted by molar-refractivity contribution is 5.85. The van der Waals surface area contributed by atoms with Gasteiger partial charge in [-0.1, -0.05) is 0 Å². The van der Waals surface area contributed by atoms with Crippen molar-refractivity contribution in [3.63, 3.8) is 0 Å². The molecule has 1 aromatic heterocycles. The van der Waals surface area contributed by atoms with Gasteiger partial charge in [-0.25, -0.2) is 0 Å². The highest BCUT2D eigenvalue weighted by Crippen LogP contribution is 2.17. The van der Waals surface area contributed by atoms with Crippen LogP contribution in [0.15, 0.2) is 6.20 Å². The third-order valence-electron chi connectivity index (χ3n) is 2.19. The molecule has 3 nitrogen and oxygen atoms in total. The number of aromatic nitrogens is 2. The minimum Gasteiger partial charge on any atom is -0.299 e. The molecule has 0 unspecified atom stereocenters. The maximum Gasteiger partial charge on any atom is 0.139 e. The molecule has 0 saturated heterocycles. The van der Waals surface area contributed by atoms with E-state index in [1.165, 1.54) is 5.56 Å². The smallest absolute Gasteiger partial charge is 0.139 e. The van der Waals surface area contributed by atoms with E-state index in [0.717, 1.165) is 12.1 Å². The summed E-state index contributed by atoms with van der Waals surface area (Å²) in [5.74, 6) is 0.334. The maximum absolute atomic E-state index is 11.0. The number of Topliss-reactive ketones (excluding diaryl/α,β-unsaturated/α-hetero) is 1. The van der Waals surface area contributed by atoms with Crippen molar-refractivity contribution in [2.24, 2.45) is 7.05 Å². The van der Waals surface area contributed by atoms with Crippen molar-refractivity contribution in [2.75, 3.05) is 0 Å². The van der Waals surface area contributed by atoms with Crippen LogP contribution < -0.4 is 0 Å². The standard InChI is InChI=1S/C8H10N2O.ClH/c1-10-8-4-7(11)3-2-6(8)5-9-10;/h5H,2-4H2,1H3;1H. The number of carbonyl (C=O) groups excluding carboxylic acids is 1. The van der Waals surface area contributed by atoms with Crippen molar-refractivity contribution in [1.29, 1.82) is 0 Å². The largest absolute Gasteiger partial charge is 0.299 e. The van der Waals surface area contributed by atoms with E-state index in [1.54, 1.807) is 4.68 Å². The number of carbonyl (C=O) groups is 1. The van der Waals surface area contributed by atoms with E-state index in [2.05, 4.69) is 5.10 Å². The molecule has 0 saturated carbocycles. The summed E-state index contributed by atoms with van der Waals surface area (Å²) >= 11 is 0. The van der Waals surface area contributed by atoms with E-state index < -0.39 is 0 Å². The van der Waals surface area contributed by atoms with Crippen LogP contribution in [0.1, 0.15) is 17.7 Å². The maximum atomic E-state index is 11.0. The molecule has 0 aromatic carbocycles. The Bertz CT molecular complexity index is 306. The Morgan fingerprint density at radius 1 is 1.50 bits per heavy atom. The first-order valence-corrected chi connectivity index (χ1v) is 3.79. The fraction of sp³-hybridized carbons (Fsp3) is 0.500. The van der Waals surface area contributed by atoms with Gasteiger partial charge in [-0.05, 0) is 12.0 Å². The summed E-state index contributed by atoms with van der Waals surface area (Å²) in [7, 11) is 1.89. The molecule has 4 heteroatoms. The van der Waals surface area contributed by atoms with Crippen LogP contribution in [0.3, 0.4) is 0 Å². The molecule has 0 aliphatic heterocycles. The number of halogens is 1. The van der Waals surface area contributed by atoms with Crippen LogP contribution in [0.5, 0.6) is 0 Å². The molecule has 0 amide bonds. The first-order valence-electron chi connectivity index (χ1n) is 3.79. The van der Waals surface area contributed by atoms with Gasteiger partial charge in [0.05, 0.1) is 6.20 Å². The Morgan fingerprint density at radius 2 is 2.25 bits per heavy atom. The van der Waals surface area contributed by atoms with Crippen LogP contribution in [0.25, 0.3) is 0 Å². The highest BCUT2D eigenvalue weighted by atomic mass is 35.5. The Kier molecular flexibility index (Phi) is 2.52. The number of hydrogen-bond donors (Lipinski definition) is 0. The lowest BCUT2D eigenvalue weighted by molar-refractivity contribution is -0.118. The van der Waals surface area contributed by atoms with E-state index in [4.69, 9.17) is 0 Å². The second-order valence-electron chi connectivity index (χ2n) is 2.96. The summed E-state index contributed by atoms with van der Waals surface area (Å²) in [5, 5.41) is 4.10. The molecular formula is C8H11ClN2O. The zero-order valence-corrected chi connectivity index (χ0v) is 7.73. The van der Waals surface area contributed by atoms with Crippen molar-refractivity contribution < 1.29 is 4.79 Å². The molecule has 1 aliphatic rings. The molecule has 0 atom stereocenters. The Balaban J connectivity index is 0.000000720. The lowest BCUT2D eigenvalue weighted by Gasteiger charge is -2.10. The predicted molar refractivity (Wildman–Crippen MR) is 47.5 cm³/mol. The molecule has 66 valence electrons. The second-order valence-corrected chi connectivity index (χ2v) is 2.96. The van der Waals surface area contributed by atoms with Gasteiger partial charge in [0.1, 0.15) is 5.78 Å². The average molecular weight is 187 g/mol. The first-order chi connectivity index (χ1) is 5.27. The molecule has 12 heavy (non-hydrogen) atoms. The topological polar surface area (TPSA) is 34.9 Å². The molecule has 0 fully saturated rings. The van der Waals surface area contributed by atoms with Gasteiger partial charge in [0, 0.05) is 25.6 Å². The average Bonchev–Trinajstić information content (AvgIpc) is 2.33. The summed E-state index contributed by atoms with van der Waals surface area (Å²) < 4.78 is 1.80. The van der Waals surface area contributed by atoms with E-state index in [-0.39, 0.29) is 12.4 Å². The minimum absolute atomic E-state index is 0. The lowest BCUT2D eigenvalue weighted by Crippen LogP contribution is -2.14. The number of fused-ring (bicyclic) bond motifs is 1. The van der Waals surface area contributed by atoms with Gasteiger partial charge in [-0.3, -0.25) is 9.48 Å². The molecule has 0 radical (unpaired) electrons. The molecule has 1 heterocycles. The lowest BCUT2D eigenvalue weighted by atomic mass is 9.97. The van der Waals surface area contributed by atoms with Gasteiger partial charge in [0.15, 0.2) is 0 Å². The summed E-state index contributed by atoms with van der Waals surface area (Å²) in [5.41, 5.74) is 2.34. The number of rotatable bonds is 0. The Labute approximate surface area is 77.2 Å². The number of aryl methyl sites for hydroxylation is 2. The Morgan fingerprint density at radius 3 is 3.00 bits per heavy atom. The van der Waals surface area contributed by atoms with Gasteiger partial charge >= 0.3 is 0 Å². The fourth-order valence-electron chi connectivity index (χ4n) is 1.49. The molecule has 2 rings (SSSR count). The molecular weight excluding hydrogens is 176 g/mol. The first kappa shape index (κ1) is 9.26. The molecule has 0 N–H and O–H groups in total. The van der Waals surface area contributed by atoms with Crippen LogP contribution in [-0.4, -0.2) is 15.6 Å². The van der Waals surface area contributed by atoms with E-state index in [1.807, 2.05) is 13.2 Å². The van der Waals surface area contributed by atoms with E-state index >= 15 is 0 Å². The van der Waals surface area contributed by atoms with Crippen LogP contribution in [0.2, 0.25) is 0 Å². The number of hydrogen-bond acceptors (Lipinski definition) is 2. The van der Waals surface area contributed by atoms with Gasteiger partial charge < -0.3 is 0 Å². The van der Waals surface area contributed by atoms with Crippen molar-refractivity contribution in [3.05, 3.63) is 17.5 Å². The zero-order valence-electron chi connectivity index (χ0n) is 6.91. The molecule has 0 bridgehead atoms. The summed E-state index contributed by atoms with van der Waals surface area (Å²) in [6, 6.07) is 0. The number of ketones is 1. The van der Waals surface area contributed by atoms with Crippen LogP contribution in [0, 0.1) is 0 Å². The van der Waals surface area contributed by atoms with E-state index in [9.17, 15) is 4.79 Å². The van der Waals surface area contributed by atoms with E-state index in [0.29, 0.717) is 18.6 Å². The highest BCUT2D eigenvalue weighted by Gasteiger charge is 2.18. The summed E-state index contributed by atoms with van der Waals surface area (Å²) in [6.45, 7) is 0. The van der Waals surface area contributed by atoms with Crippen LogP contribution in [-0.2, 0) is 24.7 Å². The van der Waals surface area contributed by atoms with Crippen molar-refractivity contribution in [2.45, 2.75) is 19.3 Å².